The summed E-state index contributed by atoms with van der Waals surface area (Å²) >= 11 is 7.61. The number of carbonyl (C=O) groups is 1. The summed E-state index contributed by atoms with van der Waals surface area (Å²) in [6.07, 6.45) is 1.91. The van der Waals surface area contributed by atoms with Crippen LogP contribution in [0.2, 0.25) is 0 Å². The van der Waals surface area contributed by atoms with Crippen molar-refractivity contribution in [2.45, 2.75) is 25.9 Å². The topological polar surface area (TPSA) is 69.1 Å². The van der Waals surface area contributed by atoms with Crippen LogP contribution in [0.15, 0.2) is 0 Å². The predicted molar refractivity (Wildman–Crippen MR) is 51.7 cm³/mol. The van der Waals surface area contributed by atoms with Crippen molar-refractivity contribution in [2.75, 3.05) is 5.33 Å². The molecule has 0 aliphatic heterocycles. The van der Waals surface area contributed by atoms with Gasteiger partial charge in [0.2, 0.25) is 5.24 Å². The van der Waals surface area contributed by atoms with Gasteiger partial charge in [0.15, 0.2) is 0 Å². The summed E-state index contributed by atoms with van der Waals surface area (Å²) in [7, 11) is 0. The normalized spacial score (nSPS) is 8.91. The third kappa shape index (κ3) is 25.2. The van der Waals surface area contributed by atoms with E-state index in [9.17, 15) is 4.79 Å². The molecule has 5 heteroatoms. The molecule has 0 aromatic heterocycles. The van der Waals surface area contributed by atoms with Gasteiger partial charge in [0.05, 0.1) is 11.5 Å². The van der Waals surface area contributed by atoms with E-state index in [4.69, 9.17) is 23.1 Å². The van der Waals surface area contributed by atoms with Crippen molar-refractivity contribution in [3.05, 3.63) is 0 Å². The van der Waals surface area contributed by atoms with E-state index in [1.807, 2.05) is 0 Å². The Morgan fingerprint density at radius 3 is 2.00 bits per heavy atom. The average molecular weight is 246 g/mol. The van der Waals surface area contributed by atoms with Crippen LogP contribution in [0.3, 0.4) is 0 Å². The maximum Gasteiger partial charge on any atom is 0.232 e. The van der Waals surface area contributed by atoms with Gasteiger partial charge in [-0.05, 0) is 18.0 Å². The molecule has 0 aliphatic carbocycles. The highest BCUT2D eigenvalue weighted by atomic mass is 79.9. The lowest BCUT2D eigenvalue weighted by molar-refractivity contribution is -0.109. The van der Waals surface area contributed by atoms with Gasteiger partial charge in [-0.3, -0.25) is 4.79 Å². The van der Waals surface area contributed by atoms with Crippen molar-refractivity contribution in [3.63, 3.8) is 0 Å². The van der Waals surface area contributed by atoms with Gasteiger partial charge in [-0.25, -0.2) is 0 Å². The lowest BCUT2D eigenvalue weighted by atomic mass is 10.3. The number of hydrogen-bond acceptors (Lipinski definition) is 3. The zero-order valence-corrected chi connectivity index (χ0v) is 8.86. The first-order valence-corrected chi connectivity index (χ1v) is 4.80. The van der Waals surface area contributed by atoms with Crippen molar-refractivity contribution in [2.24, 2.45) is 11.5 Å². The van der Waals surface area contributed by atoms with E-state index < -0.39 is 0 Å². The molecule has 0 saturated heterocycles. The van der Waals surface area contributed by atoms with E-state index in [1.165, 1.54) is 0 Å². The molecule has 0 saturated carbocycles. The molecule has 0 rings (SSSR count). The van der Waals surface area contributed by atoms with Crippen LogP contribution in [-0.4, -0.2) is 16.7 Å². The molecule has 0 aromatic rings. The van der Waals surface area contributed by atoms with Crippen molar-refractivity contribution < 1.29 is 4.79 Å². The second-order valence-electron chi connectivity index (χ2n) is 1.94. The number of carbonyl (C=O) groups excluding carboxylic acids is 1. The molecule has 0 amide bonds. The fourth-order valence-corrected chi connectivity index (χ4v) is 0.333. The van der Waals surface area contributed by atoms with E-state index in [-0.39, 0.29) is 16.7 Å². The highest BCUT2D eigenvalue weighted by Gasteiger charge is 1.85. The lowest BCUT2D eigenvalue weighted by Gasteiger charge is -1.97. The van der Waals surface area contributed by atoms with Crippen LogP contribution in [0.4, 0.5) is 0 Å². The second-order valence-corrected chi connectivity index (χ2v) is 2.92. The summed E-state index contributed by atoms with van der Waals surface area (Å²) in [5.74, 6) is 0. The zero-order chi connectivity index (χ0) is 9.28. The van der Waals surface area contributed by atoms with E-state index in [0.29, 0.717) is 0 Å². The van der Waals surface area contributed by atoms with Gasteiger partial charge in [-0.2, -0.15) is 0 Å². The molecule has 3 nitrogen and oxygen atoms in total. The minimum atomic E-state index is -0.356. The molecular formula is C6H14BrClN2O. The summed E-state index contributed by atoms with van der Waals surface area (Å²) < 4.78 is 0. The molecule has 11 heavy (non-hydrogen) atoms. The molecule has 0 aromatic carbocycles. The van der Waals surface area contributed by atoms with E-state index in [1.54, 1.807) is 0 Å². The molecule has 0 atom stereocenters. The number of rotatable bonds is 3. The summed E-state index contributed by atoms with van der Waals surface area (Å²) in [5.41, 5.74) is 10.4. The lowest BCUT2D eigenvalue weighted by Crippen LogP contribution is -2.29. The van der Waals surface area contributed by atoms with Crippen LogP contribution in [0.5, 0.6) is 0 Å². The van der Waals surface area contributed by atoms with Crippen LogP contribution in [0, 0.1) is 0 Å². The standard InChI is InChI=1S/C4H12N2.C2H2BrClO/c1-2-3-4(5)6;3-1-2(4)5/h4H,2-3,5-6H2,1H3;1H2. The molecule has 0 bridgehead atoms. The van der Waals surface area contributed by atoms with Crippen LogP contribution in [0.1, 0.15) is 19.8 Å². The van der Waals surface area contributed by atoms with Gasteiger partial charge < -0.3 is 11.5 Å². The largest absolute Gasteiger partial charge is 0.316 e. The van der Waals surface area contributed by atoms with Gasteiger partial charge in [0, 0.05) is 0 Å². The number of nitrogens with two attached hydrogens (primary N) is 2. The van der Waals surface area contributed by atoms with Crippen molar-refractivity contribution >= 4 is 32.8 Å². The second kappa shape index (κ2) is 10.4. The summed E-state index contributed by atoms with van der Waals surface area (Å²) in [5, 5.41) is -0.112. The van der Waals surface area contributed by atoms with Crippen LogP contribution in [0.25, 0.3) is 0 Å². The molecule has 0 aliphatic rings. The first kappa shape index (κ1) is 13.9. The SMILES string of the molecule is CCCC(N)N.O=C(Cl)CBr. The Labute approximate surface area is 80.6 Å². The van der Waals surface area contributed by atoms with Gasteiger partial charge >= 0.3 is 0 Å². The Morgan fingerprint density at radius 2 is 2.00 bits per heavy atom. The Hall–Kier alpha value is 0.360. The maximum absolute atomic E-state index is 9.53. The van der Waals surface area contributed by atoms with Crippen LogP contribution >= 0.6 is 27.5 Å². The fraction of sp³-hybridized carbons (Fsp3) is 0.833. The van der Waals surface area contributed by atoms with Crippen molar-refractivity contribution in [1.82, 2.24) is 0 Å². The molecule has 4 N–H and O–H groups in total. The van der Waals surface area contributed by atoms with E-state index in [0.717, 1.165) is 12.8 Å². The highest BCUT2D eigenvalue weighted by Crippen LogP contribution is 1.84. The fourth-order valence-electron chi connectivity index (χ4n) is 0.333. The quantitative estimate of drug-likeness (QED) is 0.446. The van der Waals surface area contributed by atoms with Gasteiger partial charge in [0.1, 0.15) is 0 Å². The molecule has 0 unspecified atom stereocenters. The molecule has 68 valence electrons. The van der Waals surface area contributed by atoms with Crippen molar-refractivity contribution in [3.8, 4) is 0 Å². The minimum absolute atomic E-state index is 0.102. The molecular weight excluding hydrogens is 231 g/mol. The van der Waals surface area contributed by atoms with E-state index in [2.05, 4.69) is 22.9 Å². The molecule has 0 spiro atoms. The summed E-state index contributed by atoms with van der Waals surface area (Å²) in [6, 6.07) is 0. The first-order valence-electron chi connectivity index (χ1n) is 3.30. The average Bonchev–Trinajstić information content (AvgIpc) is 1.89. The Morgan fingerprint density at radius 1 is 1.64 bits per heavy atom. The Balaban J connectivity index is 0. The van der Waals surface area contributed by atoms with Crippen LogP contribution in [-0.2, 0) is 4.79 Å². The zero-order valence-electron chi connectivity index (χ0n) is 6.52. The maximum atomic E-state index is 9.53. The first-order chi connectivity index (χ1) is 5.04. The predicted octanol–water partition coefficient (Wildman–Crippen LogP) is 1.18. The van der Waals surface area contributed by atoms with Crippen molar-refractivity contribution in [1.29, 1.82) is 0 Å². The Bertz CT molecular complexity index is 101. The number of alkyl halides is 1. The smallest absolute Gasteiger partial charge is 0.232 e. The van der Waals surface area contributed by atoms with E-state index >= 15 is 0 Å². The minimum Gasteiger partial charge on any atom is -0.316 e. The molecule has 0 radical (unpaired) electrons. The van der Waals surface area contributed by atoms with Gasteiger partial charge in [-0.15, -0.1) is 0 Å². The van der Waals surface area contributed by atoms with Gasteiger partial charge in [-0.1, -0.05) is 29.3 Å². The van der Waals surface area contributed by atoms with Crippen LogP contribution < -0.4 is 11.5 Å². The number of hydrogen-bond donors (Lipinski definition) is 2. The molecule has 0 fully saturated rings. The third-order valence-electron chi connectivity index (χ3n) is 0.727. The summed E-state index contributed by atoms with van der Waals surface area (Å²) in [6.45, 7) is 2.06. The summed E-state index contributed by atoms with van der Waals surface area (Å²) in [4.78, 5) is 9.53. The molecule has 0 heterocycles. The monoisotopic (exact) mass is 244 g/mol. The Kier molecular flexibility index (Phi) is 13.1. The third-order valence-corrected chi connectivity index (χ3v) is 1.69. The number of halogens is 2. The van der Waals surface area contributed by atoms with Gasteiger partial charge in [0.25, 0.3) is 0 Å². The highest BCUT2D eigenvalue weighted by molar-refractivity contribution is 9.09.